The van der Waals surface area contributed by atoms with E-state index in [1.807, 2.05) is 19.1 Å². The van der Waals surface area contributed by atoms with Crippen molar-refractivity contribution in [3.05, 3.63) is 59.7 Å². The summed E-state index contributed by atoms with van der Waals surface area (Å²) in [4.78, 5) is 24.7. The second-order valence-electron chi connectivity index (χ2n) is 6.66. The minimum Gasteiger partial charge on any atom is -0.493 e. The molecule has 1 unspecified atom stereocenters. The molecule has 1 amide bonds. The molecule has 30 heavy (non-hydrogen) atoms. The van der Waals surface area contributed by atoms with E-state index in [1.54, 1.807) is 12.1 Å². The SMILES string of the molecule is CCOc1ccccc1COC(=O)C(C)NC(=O)c1ccc(S(=O)(=O)N(C)C)cc1. The summed E-state index contributed by atoms with van der Waals surface area (Å²) in [5.41, 5.74) is 0.956. The van der Waals surface area contributed by atoms with Crippen LogP contribution >= 0.6 is 0 Å². The van der Waals surface area contributed by atoms with E-state index < -0.39 is 27.9 Å². The predicted octanol–water partition coefficient (Wildman–Crippen LogP) is 2.20. The summed E-state index contributed by atoms with van der Waals surface area (Å²) in [5.74, 6) is -0.471. The van der Waals surface area contributed by atoms with Gasteiger partial charge in [-0.2, -0.15) is 0 Å². The number of amides is 1. The Bertz CT molecular complexity index is 987. The number of hydrogen-bond donors (Lipinski definition) is 1. The van der Waals surface area contributed by atoms with Crippen LogP contribution in [0.5, 0.6) is 5.75 Å². The molecule has 9 heteroatoms. The van der Waals surface area contributed by atoms with Gasteiger partial charge < -0.3 is 14.8 Å². The molecule has 0 fully saturated rings. The molecule has 0 aliphatic heterocycles. The van der Waals surface area contributed by atoms with Gasteiger partial charge in [-0.15, -0.1) is 0 Å². The largest absolute Gasteiger partial charge is 0.493 e. The average molecular weight is 435 g/mol. The summed E-state index contributed by atoms with van der Waals surface area (Å²) >= 11 is 0. The van der Waals surface area contributed by atoms with Crippen molar-refractivity contribution in [1.82, 2.24) is 9.62 Å². The Morgan fingerprint density at radius 2 is 1.70 bits per heavy atom. The molecule has 0 heterocycles. The minimum atomic E-state index is -3.58. The molecule has 0 saturated carbocycles. The molecule has 0 spiro atoms. The second-order valence-corrected chi connectivity index (χ2v) is 8.81. The zero-order valence-electron chi connectivity index (χ0n) is 17.4. The smallest absolute Gasteiger partial charge is 0.328 e. The van der Waals surface area contributed by atoms with Crippen LogP contribution in [0.1, 0.15) is 29.8 Å². The van der Waals surface area contributed by atoms with Crippen LogP contribution in [0.2, 0.25) is 0 Å². The molecule has 1 atom stereocenters. The van der Waals surface area contributed by atoms with E-state index in [4.69, 9.17) is 9.47 Å². The Kier molecular flexibility index (Phi) is 7.96. The zero-order valence-corrected chi connectivity index (χ0v) is 18.2. The third-order valence-electron chi connectivity index (χ3n) is 4.24. The van der Waals surface area contributed by atoms with Crippen molar-refractivity contribution in [1.29, 1.82) is 0 Å². The molecule has 8 nitrogen and oxygen atoms in total. The van der Waals surface area contributed by atoms with Gasteiger partial charge in [0.2, 0.25) is 10.0 Å². The number of carbonyl (C=O) groups is 2. The number of ether oxygens (including phenoxy) is 2. The van der Waals surface area contributed by atoms with Crippen molar-refractivity contribution in [3.8, 4) is 5.75 Å². The van der Waals surface area contributed by atoms with Crippen molar-refractivity contribution in [2.75, 3.05) is 20.7 Å². The first-order valence-corrected chi connectivity index (χ1v) is 10.8. The lowest BCUT2D eigenvalue weighted by molar-refractivity contribution is -0.146. The Hall–Kier alpha value is -2.91. The first kappa shape index (κ1) is 23.4. The molecule has 0 aliphatic carbocycles. The van der Waals surface area contributed by atoms with E-state index in [0.29, 0.717) is 12.4 Å². The highest BCUT2D eigenvalue weighted by molar-refractivity contribution is 7.89. The number of nitrogens with zero attached hydrogens (tertiary/aromatic N) is 1. The van der Waals surface area contributed by atoms with Gasteiger partial charge in [-0.05, 0) is 44.2 Å². The van der Waals surface area contributed by atoms with Crippen LogP contribution in [-0.2, 0) is 26.2 Å². The van der Waals surface area contributed by atoms with Crippen LogP contribution in [-0.4, -0.2) is 51.3 Å². The molecule has 2 aromatic rings. The highest BCUT2D eigenvalue weighted by Gasteiger charge is 2.20. The number of hydrogen-bond acceptors (Lipinski definition) is 6. The molecule has 0 saturated heterocycles. The maximum atomic E-state index is 12.4. The average Bonchev–Trinajstić information content (AvgIpc) is 2.73. The first-order valence-electron chi connectivity index (χ1n) is 9.37. The van der Waals surface area contributed by atoms with Crippen molar-refractivity contribution in [3.63, 3.8) is 0 Å². The van der Waals surface area contributed by atoms with Gasteiger partial charge in [0.15, 0.2) is 0 Å². The Morgan fingerprint density at radius 3 is 2.30 bits per heavy atom. The molecule has 0 aliphatic rings. The summed E-state index contributed by atoms with van der Waals surface area (Å²) < 4.78 is 36.0. The number of esters is 1. The Morgan fingerprint density at radius 1 is 1.07 bits per heavy atom. The third kappa shape index (κ3) is 5.80. The second kappa shape index (κ2) is 10.2. The lowest BCUT2D eigenvalue weighted by atomic mass is 10.2. The Balaban J connectivity index is 1.96. The van der Waals surface area contributed by atoms with Crippen molar-refractivity contribution in [2.24, 2.45) is 0 Å². The van der Waals surface area contributed by atoms with E-state index in [-0.39, 0.29) is 17.1 Å². The van der Waals surface area contributed by atoms with Gasteiger partial charge in [-0.3, -0.25) is 4.79 Å². The summed E-state index contributed by atoms with van der Waals surface area (Å²) in [6.07, 6.45) is 0. The molecule has 0 radical (unpaired) electrons. The highest BCUT2D eigenvalue weighted by Crippen LogP contribution is 2.19. The third-order valence-corrected chi connectivity index (χ3v) is 6.07. The summed E-state index contributed by atoms with van der Waals surface area (Å²) in [6.45, 7) is 3.89. The molecule has 0 aromatic heterocycles. The number of sulfonamides is 1. The monoisotopic (exact) mass is 434 g/mol. The predicted molar refractivity (Wildman–Crippen MR) is 112 cm³/mol. The number of nitrogens with one attached hydrogen (secondary N) is 1. The highest BCUT2D eigenvalue weighted by atomic mass is 32.2. The van der Waals surface area contributed by atoms with E-state index in [9.17, 15) is 18.0 Å². The van der Waals surface area contributed by atoms with E-state index in [1.165, 1.54) is 45.3 Å². The fourth-order valence-electron chi connectivity index (χ4n) is 2.52. The zero-order chi connectivity index (χ0) is 22.3. The van der Waals surface area contributed by atoms with Crippen LogP contribution in [0.15, 0.2) is 53.4 Å². The molecule has 2 aromatic carbocycles. The van der Waals surface area contributed by atoms with Crippen molar-refractivity contribution in [2.45, 2.75) is 31.4 Å². The van der Waals surface area contributed by atoms with Crippen LogP contribution in [0.25, 0.3) is 0 Å². The lowest BCUT2D eigenvalue weighted by Crippen LogP contribution is -2.39. The topological polar surface area (TPSA) is 102 Å². The normalized spacial score (nSPS) is 12.3. The van der Waals surface area contributed by atoms with E-state index in [0.717, 1.165) is 9.87 Å². The number of rotatable bonds is 9. The van der Waals surface area contributed by atoms with Gasteiger partial charge in [-0.1, -0.05) is 18.2 Å². The van der Waals surface area contributed by atoms with Crippen LogP contribution in [0.4, 0.5) is 0 Å². The summed E-state index contributed by atoms with van der Waals surface area (Å²) in [7, 11) is -0.727. The van der Waals surface area contributed by atoms with E-state index in [2.05, 4.69) is 5.32 Å². The number of carbonyl (C=O) groups excluding carboxylic acids is 2. The summed E-state index contributed by atoms with van der Waals surface area (Å²) in [5, 5.41) is 2.55. The number of para-hydroxylation sites is 1. The molecular weight excluding hydrogens is 408 g/mol. The fourth-order valence-corrected chi connectivity index (χ4v) is 3.42. The first-order chi connectivity index (χ1) is 14.2. The molecule has 0 bridgehead atoms. The van der Waals surface area contributed by atoms with Crippen LogP contribution < -0.4 is 10.1 Å². The molecule has 1 N–H and O–H groups in total. The van der Waals surface area contributed by atoms with Gasteiger partial charge in [0, 0.05) is 25.2 Å². The maximum Gasteiger partial charge on any atom is 0.328 e. The van der Waals surface area contributed by atoms with Gasteiger partial charge >= 0.3 is 5.97 Å². The number of benzene rings is 2. The maximum absolute atomic E-state index is 12.4. The van der Waals surface area contributed by atoms with E-state index >= 15 is 0 Å². The van der Waals surface area contributed by atoms with Gasteiger partial charge in [0.25, 0.3) is 5.91 Å². The molecule has 2 rings (SSSR count). The van der Waals surface area contributed by atoms with Crippen LogP contribution in [0.3, 0.4) is 0 Å². The summed E-state index contributed by atoms with van der Waals surface area (Å²) in [6, 6.07) is 11.8. The molecular formula is C21H26N2O6S. The van der Waals surface area contributed by atoms with Crippen molar-refractivity contribution >= 4 is 21.9 Å². The van der Waals surface area contributed by atoms with Gasteiger partial charge in [0.1, 0.15) is 18.4 Å². The van der Waals surface area contributed by atoms with Gasteiger partial charge in [-0.25, -0.2) is 17.5 Å². The molecule has 162 valence electrons. The lowest BCUT2D eigenvalue weighted by Gasteiger charge is -2.15. The van der Waals surface area contributed by atoms with Crippen LogP contribution in [0, 0.1) is 0 Å². The van der Waals surface area contributed by atoms with Crippen molar-refractivity contribution < 1.29 is 27.5 Å². The standard InChI is InChI=1S/C21H26N2O6S/c1-5-28-19-9-7-6-8-17(19)14-29-21(25)15(2)22-20(24)16-10-12-18(13-11-16)30(26,27)23(3)4/h6-13,15H,5,14H2,1-4H3,(H,22,24). The minimum absolute atomic E-state index is 0.0201. The van der Waals surface area contributed by atoms with Gasteiger partial charge in [0.05, 0.1) is 11.5 Å². The fraction of sp³-hybridized carbons (Fsp3) is 0.333. The quantitative estimate of drug-likeness (QED) is 0.607. The Labute approximate surface area is 176 Å².